The number of rotatable bonds is 7. The Morgan fingerprint density at radius 1 is 1.14 bits per heavy atom. The number of benzene rings is 1. The van der Waals surface area contributed by atoms with Gasteiger partial charge in [-0.3, -0.25) is 19.7 Å². The van der Waals surface area contributed by atoms with E-state index in [1.165, 1.54) is 5.56 Å². The SMILES string of the molecule is CC(C)(C)OC(=O)NCCCN1CCC(Cc2cccc3c2CN(C2CCC(=O)NC2=O)C3=O)CC1. The molecule has 2 N–H and O–H groups in total. The minimum absolute atomic E-state index is 0.115. The van der Waals surface area contributed by atoms with Gasteiger partial charge in [-0.2, -0.15) is 0 Å². The van der Waals surface area contributed by atoms with Crippen molar-refractivity contribution < 1.29 is 23.9 Å². The molecule has 0 saturated carbocycles. The van der Waals surface area contributed by atoms with Crippen molar-refractivity contribution in [2.24, 2.45) is 5.92 Å². The number of hydrogen-bond acceptors (Lipinski definition) is 6. The second-order valence-corrected chi connectivity index (χ2v) is 11.1. The number of carbonyl (C=O) groups is 4. The van der Waals surface area contributed by atoms with Gasteiger partial charge in [0.05, 0.1) is 0 Å². The molecule has 9 heteroatoms. The molecule has 0 aliphatic carbocycles. The highest BCUT2D eigenvalue weighted by Gasteiger charge is 2.40. The van der Waals surface area contributed by atoms with Gasteiger partial charge in [-0.05, 0) is 95.6 Å². The number of nitrogens with zero attached hydrogens (tertiary/aromatic N) is 2. The lowest BCUT2D eigenvalue weighted by atomic mass is 9.87. The van der Waals surface area contributed by atoms with E-state index >= 15 is 0 Å². The molecule has 0 radical (unpaired) electrons. The van der Waals surface area contributed by atoms with Gasteiger partial charge in [0.25, 0.3) is 5.91 Å². The van der Waals surface area contributed by atoms with Crippen LogP contribution in [0.3, 0.4) is 0 Å². The highest BCUT2D eigenvalue weighted by Crippen LogP contribution is 2.32. The average molecular weight is 499 g/mol. The van der Waals surface area contributed by atoms with Crippen molar-refractivity contribution in [1.29, 1.82) is 0 Å². The van der Waals surface area contributed by atoms with Gasteiger partial charge in [0, 0.05) is 25.1 Å². The molecule has 36 heavy (non-hydrogen) atoms. The molecule has 0 aromatic heterocycles. The van der Waals surface area contributed by atoms with Gasteiger partial charge in [-0.25, -0.2) is 4.79 Å². The van der Waals surface area contributed by atoms with Crippen LogP contribution in [0.1, 0.15) is 74.4 Å². The third-order valence-corrected chi connectivity index (χ3v) is 7.21. The molecule has 196 valence electrons. The van der Waals surface area contributed by atoms with Crippen LogP contribution in [-0.4, -0.2) is 71.4 Å². The molecule has 0 bridgehead atoms. The second kappa shape index (κ2) is 11.0. The molecule has 3 heterocycles. The summed E-state index contributed by atoms with van der Waals surface area (Å²) in [7, 11) is 0. The topological polar surface area (TPSA) is 108 Å². The van der Waals surface area contributed by atoms with Crippen LogP contribution < -0.4 is 10.6 Å². The first-order chi connectivity index (χ1) is 17.1. The summed E-state index contributed by atoms with van der Waals surface area (Å²) >= 11 is 0. The lowest BCUT2D eigenvalue weighted by Crippen LogP contribution is -2.52. The number of hydrogen-bond donors (Lipinski definition) is 2. The van der Waals surface area contributed by atoms with Crippen molar-refractivity contribution >= 4 is 23.8 Å². The molecule has 1 aromatic rings. The maximum atomic E-state index is 13.1. The van der Waals surface area contributed by atoms with E-state index < -0.39 is 11.6 Å². The zero-order valence-electron chi connectivity index (χ0n) is 21.6. The van der Waals surface area contributed by atoms with Crippen molar-refractivity contribution in [3.05, 3.63) is 34.9 Å². The summed E-state index contributed by atoms with van der Waals surface area (Å²) in [5, 5.41) is 5.19. The fourth-order valence-corrected chi connectivity index (χ4v) is 5.37. The summed E-state index contributed by atoms with van der Waals surface area (Å²) < 4.78 is 5.27. The van der Waals surface area contributed by atoms with Gasteiger partial charge in [-0.1, -0.05) is 12.1 Å². The summed E-state index contributed by atoms with van der Waals surface area (Å²) in [6, 6.07) is 5.31. The Morgan fingerprint density at radius 2 is 1.89 bits per heavy atom. The van der Waals surface area contributed by atoms with E-state index in [1.807, 2.05) is 32.9 Å². The minimum Gasteiger partial charge on any atom is -0.444 e. The summed E-state index contributed by atoms with van der Waals surface area (Å²) in [5.74, 6) is -0.210. The first-order valence-corrected chi connectivity index (χ1v) is 13.1. The van der Waals surface area contributed by atoms with Crippen molar-refractivity contribution in [3.63, 3.8) is 0 Å². The van der Waals surface area contributed by atoms with E-state index in [0.29, 0.717) is 31.0 Å². The molecule has 3 aliphatic heterocycles. The van der Waals surface area contributed by atoms with Gasteiger partial charge < -0.3 is 19.9 Å². The number of nitrogens with one attached hydrogen (secondary N) is 2. The number of carbonyl (C=O) groups excluding carboxylic acids is 4. The lowest BCUT2D eigenvalue weighted by molar-refractivity contribution is -0.136. The maximum Gasteiger partial charge on any atom is 0.407 e. The Bertz CT molecular complexity index is 1010. The number of ether oxygens (including phenoxy) is 1. The van der Waals surface area contributed by atoms with E-state index in [1.54, 1.807) is 4.90 Å². The molecule has 2 fully saturated rings. The Morgan fingerprint density at radius 3 is 2.58 bits per heavy atom. The van der Waals surface area contributed by atoms with E-state index in [2.05, 4.69) is 21.6 Å². The molecule has 1 aromatic carbocycles. The monoisotopic (exact) mass is 498 g/mol. The second-order valence-electron chi connectivity index (χ2n) is 11.1. The smallest absolute Gasteiger partial charge is 0.407 e. The van der Waals surface area contributed by atoms with E-state index in [-0.39, 0.29) is 30.2 Å². The Kier molecular flexibility index (Phi) is 7.97. The first kappa shape index (κ1) is 26.1. The van der Waals surface area contributed by atoms with Gasteiger partial charge in [0.15, 0.2) is 0 Å². The molecule has 2 saturated heterocycles. The van der Waals surface area contributed by atoms with Crippen LogP contribution in [0, 0.1) is 5.92 Å². The van der Waals surface area contributed by atoms with Crippen LogP contribution in [0.5, 0.6) is 0 Å². The van der Waals surface area contributed by atoms with Crippen LogP contribution in [0.15, 0.2) is 18.2 Å². The quantitative estimate of drug-likeness (QED) is 0.442. The fourth-order valence-electron chi connectivity index (χ4n) is 5.37. The van der Waals surface area contributed by atoms with Crippen molar-refractivity contribution in [1.82, 2.24) is 20.4 Å². The van der Waals surface area contributed by atoms with Crippen molar-refractivity contribution in [2.75, 3.05) is 26.2 Å². The minimum atomic E-state index is -0.580. The predicted octanol–water partition coefficient (Wildman–Crippen LogP) is 2.62. The van der Waals surface area contributed by atoms with Crippen LogP contribution in [0.25, 0.3) is 0 Å². The Hall–Kier alpha value is -2.94. The van der Waals surface area contributed by atoms with Crippen LogP contribution in [-0.2, 0) is 27.3 Å². The zero-order valence-corrected chi connectivity index (χ0v) is 21.6. The van der Waals surface area contributed by atoms with Crippen LogP contribution >= 0.6 is 0 Å². The Labute approximate surface area is 212 Å². The number of alkyl carbamates (subject to hydrolysis) is 1. The molecule has 9 nitrogen and oxygen atoms in total. The molecule has 4 amide bonds. The molecule has 0 spiro atoms. The largest absolute Gasteiger partial charge is 0.444 e. The number of amides is 4. The summed E-state index contributed by atoms with van der Waals surface area (Å²) in [6.07, 6.45) is 4.26. The van der Waals surface area contributed by atoms with E-state index in [0.717, 1.165) is 50.9 Å². The van der Waals surface area contributed by atoms with E-state index in [4.69, 9.17) is 4.74 Å². The fraction of sp³-hybridized carbons (Fsp3) is 0.630. The van der Waals surface area contributed by atoms with Crippen molar-refractivity contribution in [3.8, 4) is 0 Å². The summed E-state index contributed by atoms with van der Waals surface area (Å²) in [6.45, 7) is 9.58. The van der Waals surface area contributed by atoms with E-state index in [9.17, 15) is 19.2 Å². The number of imide groups is 1. The standard InChI is InChI=1S/C27H38N4O5/c1-27(2,3)36-26(35)28-12-5-13-30-14-10-18(11-15-30)16-19-6-4-7-20-21(19)17-31(25(20)34)22-8-9-23(32)29-24(22)33/h4,6-7,18,22H,5,8-17H2,1-3H3,(H,28,35)(H,29,32,33). The molecular formula is C27H38N4O5. The predicted molar refractivity (Wildman–Crippen MR) is 134 cm³/mol. The molecular weight excluding hydrogens is 460 g/mol. The first-order valence-electron chi connectivity index (χ1n) is 13.1. The van der Waals surface area contributed by atoms with Crippen LogP contribution in [0.4, 0.5) is 4.79 Å². The van der Waals surface area contributed by atoms with Gasteiger partial charge >= 0.3 is 6.09 Å². The average Bonchev–Trinajstić information content (AvgIpc) is 3.14. The molecule has 4 rings (SSSR count). The van der Waals surface area contributed by atoms with Gasteiger partial charge in [0.2, 0.25) is 11.8 Å². The molecule has 1 unspecified atom stereocenters. The number of likely N-dealkylation sites (tertiary alicyclic amines) is 1. The van der Waals surface area contributed by atoms with Crippen LogP contribution in [0.2, 0.25) is 0 Å². The maximum absolute atomic E-state index is 13.1. The summed E-state index contributed by atoms with van der Waals surface area (Å²) in [4.78, 5) is 52.8. The molecule has 3 aliphatic rings. The third kappa shape index (κ3) is 6.43. The normalized spacial score (nSPS) is 21.4. The number of fused-ring (bicyclic) bond motifs is 1. The Balaban J connectivity index is 1.24. The summed E-state index contributed by atoms with van der Waals surface area (Å²) in [5.41, 5.74) is 2.42. The van der Waals surface area contributed by atoms with Crippen molar-refractivity contribution in [2.45, 2.75) is 77.5 Å². The zero-order chi connectivity index (χ0) is 25.9. The molecule has 1 atom stereocenters. The highest BCUT2D eigenvalue weighted by molar-refractivity contribution is 6.05. The lowest BCUT2D eigenvalue weighted by Gasteiger charge is -2.32. The highest BCUT2D eigenvalue weighted by atomic mass is 16.6. The van der Waals surface area contributed by atoms with Gasteiger partial charge in [-0.15, -0.1) is 0 Å². The third-order valence-electron chi connectivity index (χ3n) is 7.21. The number of piperidine rings is 2. The van der Waals surface area contributed by atoms with Gasteiger partial charge in [0.1, 0.15) is 11.6 Å².